The highest BCUT2D eigenvalue weighted by atomic mass is 16.6. The van der Waals surface area contributed by atoms with Crippen molar-refractivity contribution in [3.63, 3.8) is 0 Å². The summed E-state index contributed by atoms with van der Waals surface area (Å²) in [5.74, 6) is -0.510. The summed E-state index contributed by atoms with van der Waals surface area (Å²) in [6.45, 7) is 10.3. The fraction of sp³-hybridized carbons (Fsp3) is 0.294. The first-order chi connectivity index (χ1) is 10.4. The van der Waals surface area contributed by atoms with Crippen LogP contribution >= 0.6 is 0 Å². The first kappa shape index (κ1) is 17.5. The third-order valence-corrected chi connectivity index (χ3v) is 2.77. The number of amides is 1. The minimum atomic E-state index is -0.604. The zero-order valence-electron chi connectivity index (χ0n) is 12.9. The first-order valence-corrected chi connectivity index (χ1v) is 6.91. The molecule has 1 amide bonds. The van der Waals surface area contributed by atoms with Gasteiger partial charge >= 0.3 is 12.1 Å². The largest absolute Gasteiger partial charge is 0.458 e. The molecule has 118 valence electrons. The van der Waals surface area contributed by atoms with E-state index in [9.17, 15) is 9.59 Å². The van der Waals surface area contributed by atoms with Gasteiger partial charge in [0.2, 0.25) is 0 Å². The third kappa shape index (κ3) is 5.83. The van der Waals surface area contributed by atoms with Crippen molar-refractivity contribution in [2.75, 3.05) is 6.61 Å². The van der Waals surface area contributed by atoms with E-state index < -0.39 is 18.2 Å². The number of ether oxygens (including phenoxy) is 2. The van der Waals surface area contributed by atoms with Crippen LogP contribution in [-0.2, 0) is 14.3 Å². The molecular formula is C17H21NO4. The van der Waals surface area contributed by atoms with Crippen molar-refractivity contribution in [2.24, 2.45) is 0 Å². The molecule has 0 fully saturated rings. The second-order valence-electron chi connectivity index (χ2n) is 4.86. The fourth-order valence-electron chi connectivity index (χ4n) is 1.63. The van der Waals surface area contributed by atoms with Gasteiger partial charge in [0.1, 0.15) is 12.7 Å². The molecule has 5 heteroatoms. The van der Waals surface area contributed by atoms with Crippen LogP contribution in [0.25, 0.3) is 0 Å². The maximum absolute atomic E-state index is 11.8. The van der Waals surface area contributed by atoms with Crippen LogP contribution in [0.5, 0.6) is 0 Å². The number of carbonyl (C=O) groups excluding carboxylic acids is 2. The monoisotopic (exact) mass is 303 g/mol. The van der Waals surface area contributed by atoms with Crippen molar-refractivity contribution >= 4 is 12.1 Å². The molecule has 1 aromatic carbocycles. The standard InChI is InChI=1S/C17H21NO4/c1-5-15(14-9-7-6-8-10-14)18-17(20)22-13(4)11-21-16(19)12(2)3/h5-10,13,15H,1-2,11H2,3-4H3,(H,18,20). The fourth-order valence-corrected chi connectivity index (χ4v) is 1.63. The molecule has 0 aliphatic carbocycles. The lowest BCUT2D eigenvalue weighted by Crippen LogP contribution is -2.32. The molecule has 5 nitrogen and oxygen atoms in total. The second kappa shape index (κ2) is 8.67. The number of hydrogen-bond acceptors (Lipinski definition) is 4. The molecule has 2 atom stereocenters. The van der Waals surface area contributed by atoms with Gasteiger partial charge in [-0.05, 0) is 19.4 Å². The molecule has 0 radical (unpaired) electrons. The normalized spacial score (nSPS) is 12.6. The molecule has 2 unspecified atom stereocenters. The number of esters is 1. The summed E-state index contributed by atoms with van der Waals surface area (Å²) in [4.78, 5) is 23.1. The summed E-state index contributed by atoms with van der Waals surface area (Å²) < 4.78 is 10.0. The van der Waals surface area contributed by atoms with E-state index in [-0.39, 0.29) is 12.6 Å². The van der Waals surface area contributed by atoms with E-state index >= 15 is 0 Å². The zero-order valence-corrected chi connectivity index (χ0v) is 12.9. The van der Waals surface area contributed by atoms with Gasteiger partial charge in [-0.1, -0.05) is 43.0 Å². The number of carbonyl (C=O) groups is 2. The topological polar surface area (TPSA) is 64.6 Å². The van der Waals surface area contributed by atoms with Crippen LogP contribution in [0, 0.1) is 0 Å². The smallest absolute Gasteiger partial charge is 0.408 e. The van der Waals surface area contributed by atoms with Gasteiger partial charge in [0.05, 0.1) is 6.04 Å². The number of alkyl carbamates (subject to hydrolysis) is 1. The molecule has 0 heterocycles. The van der Waals surface area contributed by atoms with Crippen LogP contribution in [-0.4, -0.2) is 24.8 Å². The summed E-state index contributed by atoms with van der Waals surface area (Å²) in [6.07, 6.45) is 0.444. The lowest BCUT2D eigenvalue weighted by Gasteiger charge is -2.18. The van der Waals surface area contributed by atoms with Gasteiger partial charge in [-0.2, -0.15) is 0 Å². The quantitative estimate of drug-likeness (QED) is 0.477. The zero-order chi connectivity index (χ0) is 16.5. The van der Waals surface area contributed by atoms with Crippen LogP contribution in [0.15, 0.2) is 55.1 Å². The van der Waals surface area contributed by atoms with Crippen LogP contribution in [0.4, 0.5) is 4.79 Å². The lowest BCUT2D eigenvalue weighted by atomic mass is 10.1. The third-order valence-electron chi connectivity index (χ3n) is 2.77. The minimum absolute atomic E-state index is 0.0246. The van der Waals surface area contributed by atoms with Crippen molar-refractivity contribution in [1.29, 1.82) is 0 Å². The highest BCUT2D eigenvalue weighted by Gasteiger charge is 2.16. The Bertz CT molecular complexity index is 539. The Hall–Kier alpha value is -2.56. The molecule has 0 saturated carbocycles. The van der Waals surface area contributed by atoms with Crippen molar-refractivity contribution in [1.82, 2.24) is 5.32 Å². The highest BCUT2D eigenvalue weighted by molar-refractivity contribution is 5.86. The van der Waals surface area contributed by atoms with E-state index in [1.54, 1.807) is 19.9 Å². The summed E-state index contributed by atoms with van der Waals surface area (Å²) in [5.41, 5.74) is 1.20. The first-order valence-electron chi connectivity index (χ1n) is 6.91. The van der Waals surface area contributed by atoms with Gasteiger partial charge in [0.15, 0.2) is 0 Å². The van der Waals surface area contributed by atoms with Crippen LogP contribution in [0.2, 0.25) is 0 Å². The van der Waals surface area contributed by atoms with Crippen molar-refractivity contribution in [3.05, 3.63) is 60.7 Å². The summed E-state index contributed by atoms with van der Waals surface area (Å²) in [6, 6.07) is 9.05. The molecule has 0 aliphatic rings. The number of rotatable bonds is 7. The molecule has 1 aromatic rings. The molecule has 0 aliphatic heterocycles. The molecule has 1 N–H and O–H groups in total. The molecule has 1 rings (SSSR count). The van der Waals surface area contributed by atoms with Crippen LogP contribution in [0.1, 0.15) is 25.5 Å². The van der Waals surface area contributed by atoms with E-state index in [0.717, 1.165) is 5.56 Å². The average Bonchev–Trinajstić information content (AvgIpc) is 2.50. The number of hydrogen-bond donors (Lipinski definition) is 1. The van der Waals surface area contributed by atoms with E-state index in [0.29, 0.717) is 5.57 Å². The van der Waals surface area contributed by atoms with Gasteiger partial charge in [-0.15, -0.1) is 6.58 Å². The SMILES string of the molecule is C=CC(NC(=O)OC(C)COC(=O)C(=C)C)c1ccccc1. The van der Waals surface area contributed by atoms with E-state index in [1.165, 1.54) is 0 Å². The van der Waals surface area contributed by atoms with Gasteiger partial charge in [-0.25, -0.2) is 9.59 Å². The summed E-state index contributed by atoms with van der Waals surface area (Å²) in [5, 5.41) is 2.69. The predicted octanol–water partition coefficient (Wildman–Crippen LogP) is 3.15. The second-order valence-corrected chi connectivity index (χ2v) is 4.86. The number of nitrogens with one attached hydrogen (secondary N) is 1. The Labute approximate surface area is 130 Å². The van der Waals surface area contributed by atoms with Gasteiger partial charge < -0.3 is 14.8 Å². The van der Waals surface area contributed by atoms with Gasteiger partial charge in [0, 0.05) is 5.57 Å². The Balaban J connectivity index is 2.46. The molecule has 0 aromatic heterocycles. The van der Waals surface area contributed by atoms with Crippen molar-refractivity contribution < 1.29 is 19.1 Å². The Kier molecular flexibility index (Phi) is 6.89. The Morgan fingerprint density at radius 2 is 1.95 bits per heavy atom. The Morgan fingerprint density at radius 1 is 1.32 bits per heavy atom. The Morgan fingerprint density at radius 3 is 2.50 bits per heavy atom. The maximum Gasteiger partial charge on any atom is 0.408 e. The molecule has 0 saturated heterocycles. The van der Waals surface area contributed by atoms with Gasteiger partial charge in [0.25, 0.3) is 0 Å². The molecule has 22 heavy (non-hydrogen) atoms. The van der Waals surface area contributed by atoms with E-state index in [4.69, 9.17) is 9.47 Å². The van der Waals surface area contributed by atoms with Crippen molar-refractivity contribution in [2.45, 2.75) is 26.0 Å². The average molecular weight is 303 g/mol. The van der Waals surface area contributed by atoms with E-state index in [1.807, 2.05) is 30.3 Å². The predicted molar refractivity (Wildman–Crippen MR) is 84.2 cm³/mol. The van der Waals surface area contributed by atoms with Crippen molar-refractivity contribution in [3.8, 4) is 0 Å². The highest BCUT2D eigenvalue weighted by Crippen LogP contribution is 2.13. The molecule has 0 bridgehead atoms. The van der Waals surface area contributed by atoms with Crippen LogP contribution < -0.4 is 5.32 Å². The summed E-state index contributed by atoms with van der Waals surface area (Å²) in [7, 11) is 0. The molecule has 0 spiro atoms. The lowest BCUT2D eigenvalue weighted by molar-refractivity contribution is -0.141. The number of benzene rings is 1. The maximum atomic E-state index is 11.8. The van der Waals surface area contributed by atoms with Crippen LogP contribution in [0.3, 0.4) is 0 Å². The van der Waals surface area contributed by atoms with E-state index in [2.05, 4.69) is 18.5 Å². The summed E-state index contributed by atoms with van der Waals surface area (Å²) >= 11 is 0. The van der Waals surface area contributed by atoms with Gasteiger partial charge in [-0.3, -0.25) is 0 Å². The minimum Gasteiger partial charge on any atom is -0.458 e. The molecular weight excluding hydrogens is 282 g/mol.